The Kier molecular flexibility index (Phi) is 5.19. The van der Waals surface area contributed by atoms with Crippen LogP contribution < -0.4 is 9.80 Å². The number of carbonyl (C=O) groups is 2. The number of anilines is 2. The van der Waals surface area contributed by atoms with Gasteiger partial charge in [-0.15, -0.1) is 0 Å². The van der Waals surface area contributed by atoms with Crippen LogP contribution in [0.15, 0.2) is 36.5 Å². The van der Waals surface area contributed by atoms with Gasteiger partial charge in [0.05, 0.1) is 0 Å². The number of amides is 2. The smallest absolute Gasteiger partial charge is 0.253 e. The molecule has 0 unspecified atom stereocenters. The molecule has 2 aromatic rings. The Hall–Kier alpha value is -2.89. The van der Waals surface area contributed by atoms with E-state index in [9.17, 15) is 9.59 Å². The number of piperazine rings is 1. The van der Waals surface area contributed by atoms with E-state index in [2.05, 4.69) is 31.7 Å². The normalized spacial score (nSPS) is 20.7. The van der Waals surface area contributed by atoms with Crippen molar-refractivity contribution in [2.45, 2.75) is 46.0 Å². The quantitative estimate of drug-likeness (QED) is 0.733. The van der Waals surface area contributed by atoms with E-state index in [1.54, 1.807) is 0 Å². The van der Waals surface area contributed by atoms with Crippen molar-refractivity contribution >= 4 is 23.3 Å². The fraction of sp³-hybridized carbons (Fsp3) is 0.500. The monoisotopic (exact) mass is 432 g/mol. The average Bonchev–Trinajstić information content (AvgIpc) is 3.58. The van der Waals surface area contributed by atoms with Gasteiger partial charge in [-0.05, 0) is 66.5 Å². The maximum absolute atomic E-state index is 13.0. The van der Waals surface area contributed by atoms with E-state index < -0.39 is 0 Å². The van der Waals surface area contributed by atoms with Crippen LogP contribution in [0.25, 0.3) is 0 Å². The van der Waals surface area contributed by atoms with Crippen LogP contribution in [0.4, 0.5) is 11.5 Å². The second-order valence-electron chi connectivity index (χ2n) is 10.3. The first-order valence-corrected chi connectivity index (χ1v) is 11.7. The number of nitrogens with zero attached hydrogens (tertiary/aromatic N) is 4. The van der Waals surface area contributed by atoms with Crippen LogP contribution in [-0.2, 0) is 4.79 Å². The summed E-state index contributed by atoms with van der Waals surface area (Å²) >= 11 is 0. The minimum absolute atomic E-state index is 0.00329. The van der Waals surface area contributed by atoms with Crippen molar-refractivity contribution in [2.75, 3.05) is 42.5 Å². The summed E-state index contributed by atoms with van der Waals surface area (Å²) < 4.78 is 0. The van der Waals surface area contributed by atoms with Crippen molar-refractivity contribution < 1.29 is 9.59 Å². The summed E-state index contributed by atoms with van der Waals surface area (Å²) in [6, 6.07) is 9.79. The lowest BCUT2D eigenvalue weighted by molar-refractivity contribution is -0.117. The van der Waals surface area contributed by atoms with E-state index in [0.29, 0.717) is 31.0 Å². The van der Waals surface area contributed by atoms with Gasteiger partial charge in [-0.1, -0.05) is 19.9 Å². The number of carbonyl (C=O) groups excluding carboxylic acids is 2. The van der Waals surface area contributed by atoms with Crippen molar-refractivity contribution in [3.05, 3.63) is 53.2 Å². The summed E-state index contributed by atoms with van der Waals surface area (Å²) in [4.78, 5) is 36.2. The van der Waals surface area contributed by atoms with E-state index in [1.807, 2.05) is 40.3 Å². The fourth-order valence-electron chi connectivity index (χ4n) is 4.96. The molecular formula is C26H32N4O2. The molecule has 0 atom stereocenters. The molecule has 0 spiro atoms. The first kappa shape index (κ1) is 21.0. The van der Waals surface area contributed by atoms with E-state index in [-0.39, 0.29) is 17.2 Å². The lowest BCUT2D eigenvalue weighted by atomic mass is 9.93. The summed E-state index contributed by atoms with van der Waals surface area (Å²) in [5.41, 5.74) is 4.14. The van der Waals surface area contributed by atoms with E-state index in [1.165, 1.54) is 24.0 Å². The van der Waals surface area contributed by atoms with Crippen LogP contribution in [-0.4, -0.2) is 54.4 Å². The van der Waals surface area contributed by atoms with Gasteiger partial charge in [-0.2, -0.15) is 0 Å². The Morgan fingerprint density at radius 1 is 1.06 bits per heavy atom. The van der Waals surface area contributed by atoms with Crippen molar-refractivity contribution in [3.8, 4) is 0 Å². The summed E-state index contributed by atoms with van der Waals surface area (Å²) in [5.74, 6) is 1.97. The summed E-state index contributed by atoms with van der Waals surface area (Å²) in [6.07, 6.45) is 5.17. The Bertz CT molecular complexity index is 1030. The minimum atomic E-state index is -0.00329. The molecule has 3 aliphatic rings. The maximum Gasteiger partial charge on any atom is 0.253 e. The molecule has 0 N–H and O–H groups in total. The van der Waals surface area contributed by atoms with Gasteiger partial charge in [-0.25, -0.2) is 4.98 Å². The molecule has 1 aromatic heterocycles. The SMILES string of the molecule is Cc1cc(C2CC2)cnc1N1CCN(C(=O)c2ccc(N3CC(C)(C)CC3=O)cc2)CC1. The Morgan fingerprint density at radius 3 is 2.31 bits per heavy atom. The summed E-state index contributed by atoms with van der Waals surface area (Å²) in [6.45, 7) is 10.0. The molecule has 6 heteroatoms. The van der Waals surface area contributed by atoms with Crippen LogP contribution in [0, 0.1) is 12.3 Å². The van der Waals surface area contributed by atoms with Crippen LogP contribution in [0.3, 0.4) is 0 Å². The highest BCUT2D eigenvalue weighted by molar-refractivity contribution is 5.98. The average molecular weight is 433 g/mol. The summed E-state index contributed by atoms with van der Waals surface area (Å²) in [7, 11) is 0. The van der Waals surface area contributed by atoms with E-state index in [4.69, 9.17) is 4.98 Å². The minimum Gasteiger partial charge on any atom is -0.353 e. The zero-order chi connectivity index (χ0) is 22.5. The molecule has 3 fully saturated rings. The van der Waals surface area contributed by atoms with E-state index in [0.717, 1.165) is 31.1 Å². The highest BCUT2D eigenvalue weighted by atomic mass is 16.2. The molecule has 2 aliphatic heterocycles. The molecule has 2 amide bonds. The predicted molar refractivity (Wildman–Crippen MR) is 126 cm³/mol. The second kappa shape index (κ2) is 7.91. The molecule has 0 bridgehead atoms. The Morgan fingerprint density at radius 2 is 1.75 bits per heavy atom. The number of pyridine rings is 1. The first-order chi connectivity index (χ1) is 15.3. The first-order valence-electron chi connectivity index (χ1n) is 11.7. The van der Waals surface area contributed by atoms with Gasteiger partial charge in [0.2, 0.25) is 5.91 Å². The molecule has 1 aliphatic carbocycles. The molecule has 3 heterocycles. The number of hydrogen-bond donors (Lipinski definition) is 0. The van der Waals surface area contributed by atoms with Gasteiger partial charge in [-0.3, -0.25) is 9.59 Å². The largest absolute Gasteiger partial charge is 0.353 e. The van der Waals surface area contributed by atoms with Crippen LogP contribution in [0.2, 0.25) is 0 Å². The van der Waals surface area contributed by atoms with Crippen molar-refractivity contribution in [2.24, 2.45) is 5.41 Å². The Labute approximate surface area is 190 Å². The zero-order valence-electron chi connectivity index (χ0n) is 19.3. The van der Waals surface area contributed by atoms with E-state index >= 15 is 0 Å². The van der Waals surface area contributed by atoms with Gasteiger partial charge in [0.15, 0.2) is 0 Å². The molecule has 2 saturated heterocycles. The maximum atomic E-state index is 13.0. The number of hydrogen-bond acceptors (Lipinski definition) is 4. The zero-order valence-corrected chi connectivity index (χ0v) is 19.3. The topological polar surface area (TPSA) is 56.8 Å². The van der Waals surface area contributed by atoms with Crippen molar-refractivity contribution in [1.82, 2.24) is 9.88 Å². The lowest BCUT2D eigenvalue weighted by Gasteiger charge is -2.36. The number of aryl methyl sites for hydroxylation is 1. The second-order valence-corrected chi connectivity index (χ2v) is 10.3. The molecule has 1 saturated carbocycles. The molecule has 6 nitrogen and oxygen atoms in total. The third-order valence-electron chi connectivity index (χ3n) is 6.93. The molecule has 5 rings (SSSR count). The number of aromatic nitrogens is 1. The number of benzene rings is 1. The van der Waals surface area contributed by atoms with Crippen LogP contribution >= 0.6 is 0 Å². The molecular weight excluding hydrogens is 400 g/mol. The highest BCUT2D eigenvalue weighted by Crippen LogP contribution is 2.40. The van der Waals surface area contributed by atoms with Crippen LogP contribution in [0.1, 0.15) is 60.5 Å². The van der Waals surface area contributed by atoms with Crippen LogP contribution in [0.5, 0.6) is 0 Å². The highest BCUT2D eigenvalue weighted by Gasteiger charge is 2.36. The molecule has 32 heavy (non-hydrogen) atoms. The molecule has 168 valence electrons. The van der Waals surface area contributed by atoms with Gasteiger partial charge in [0.25, 0.3) is 5.91 Å². The van der Waals surface area contributed by atoms with Gasteiger partial charge >= 0.3 is 0 Å². The summed E-state index contributed by atoms with van der Waals surface area (Å²) in [5, 5.41) is 0. The van der Waals surface area contributed by atoms with Gasteiger partial charge < -0.3 is 14.7 Å². The number of rotatable bonds is 4. The third-order valence-corrected chi connectivity index (χ3v) is 6.93. The lowest BCUT2D eigenvalue weighted by Crippen LogP contribution is -2.49. The standard InChI is InChI=1S/C26H32N4O2/c1-18-14-21(19-4-5-19)16-27-24(18)28-10-12-29(13-11-28)25(32)20-6-8-22(9-7-20)30-17-26(2,3)15-23(30)31/h6-9,14,16,19H,4-5,10-13,15,17H2,1-3H3. The fourth-order valence-corrected chi connectivity index (χ4v) is 4.96. The molecule has 1 aromatic carbocycles. The Balaban J connectivity index is 1.21. The van der Waals surface area contributed by atoms with Crippen molar-refractivity contribution in [1.29, 1.82) is 0 Å². The van der Waals surface area contributed by atoms with Crippen molar-refractivity contribution in [3.63, 3.8) is 0 Å². The third kappa shape index (κ3) is 4.10. The van der Waals surface area contributed by atoms with Gasteiger partial charge in [0, 0.05) is 56.6 Å². The predicted octanol–water partition coefficient (Wildman–Crippen LogP) is 3.99. The van der Waals surface area contributed by atoms with Gasteiger partial charge in [0.1, 0.15) is 5.82 Å². The molecule has 0 radical (unpaired) electrons.